The topological polar surface area (TPSA) is 208 Å². The van der Waals surface area contributed by atoms with E-state index in [1.165, 1.54) is 0 Å². The van der Waals surface area contributed by atoms with Crippen molar-refractivity contribution in [2.45, 2.75) is 30.8 Å². The third-order valence-corrected chi connectivity index (χ3v) is 3.08. The Morgan fingerprint density at radius 3 is 2.04 bits per heavy atom. The monoisotopic (exact) mass is 347 g/mol. The minimum Gasteiger partial charge on any atom is -0.479 e. The average Bonchev–Trinajstić information content (AvgIpc) is 2.46. The van der Waals surface area contributed by atoms with Crippen LogP contribution >= 0.6 is 0 Å². The van der Waals surface area contributed by atoms with Gasteiger partial charge in [0.15, 0.2) is 0 Å². The molecular weight excluding hydrogens is 334 g/mol. The van der Waals surface area contributed by atoms with Crippen LogP contribution in [0.15, 0.2) is 11.6 Å². The third kappa shape index (κ3) is 4.50. The largest absolute Gasteiger partial charge is 0.479 e. The lowest BCUT2D eigenvalue weighted by Crippen LogP contribution is -2.54. The number of rotatable bonds is 6. The van der Waals surface area contributed by atoms with Gasteiger partial charge >= 0.3 is 29.8 Å². The van der Waals surface area contributed by atoms with E-state index in [2.05, 4.69) is 0 Å². The summed E-state index contributed by atoms with van der Waals surface area (Å²) in [5.41, 5.74) is -0.421. The maximum Gasteiger partial charge on any atom is 0.394 e. The fraction of sp³-hybridized carbons (Fsp3) is 0.417. The molecule has 0 saturated heterocycles. The lowest BCUT2D eigenvalue weighted by Gasteiger charge is -2.33. The first kappa shape index (κ1) is 19.1. The summed E-state index contributed by atoms with van der Waals surface area (Å²) in [5, 5.41) is 46.9. The van der Waals surface area contributed by atoms with Gasteiger partial charge in [-0.3, -0.25) is 4.79 Å². The van der Waals surface area contributed by atoms with E-state index < -0.39 is 66.1 Å². The van der Waals surface area contributed by atoms with Gasteiger partial charge in [0.1, 0.15) is 12.2 Å². The van der Waals surface area contributed by atoms with E-state index >= 15 is 0 Å². The van der Waals surface area contributed by atoms with E-state index in [0.29, 0.717) is 0 Å². The number of carbonyl (C=O) groups excluding carboxylic acids is 1. The van der Waals surface area contributed by atoms with Crippen molar-refractivity contribution in [2.75, 3.05) is 0 Å². The number of aliphatic carboxylic acids is 4. The third-order valence-electron chi connectivity index (χ3n) is 3.08. The van der Waals surface area contributed by atoms with Crippen molar-refractivity contribution in [3.8, 4) is 0 Å². The molecule has 3 atom stereocenters. The standard InChI is InChI=1S/C12H13NO11/c14-6-4(13-8(15)12(22)23)1-3(9(16)17)2-5(6)24-7(10(18)19)11(20)21/h2,4-7,14H,1H2,(H,13,15)(H,16,17)(H,18,19)(H,20,21)(H,22,23)/t4-,5-,6+/m1/s1. The number of nitrogens with one attached hydrogen (secondary N) is 1. The smallest absolute Gasteiger partial charge is 0.394 e. The molecule has 0 aliphatic heterocycles. The van der Waals surface area contributed by atoms with Crippen molar-refractivity contribution in [1.29, 1.82) is 0 Å². The van der Waals surface area contributed by atoms with Crippen molar-refractivity contribution in [1.82, 2.24) is 5.32 Å². The van der Waals surface area contributed by atoms with Gasteiger partial charge in [0.2, 0.25) is 0 Å². The minimum absolute atomic E-state index is 0.421. The number of carboxylic acids is 4. The van der Waals surface area contributed by atoms with Crippen molar-refractivity contribution in [3.05, 3.63) is 11.6 Å². The van der Waals surface area contributed by atoms with Gasteiger partial charge in [0.25, 0.3) is 6.10 Å². The Kier molecular flexibility index (Phi) is 5.97. The average molecular weight is 347 g/mol. The number of aliphatic hydroxyl groups excluding tert-OH is 1. The second-order valence-electron chi connectivity index (χ2n) is 4.73. The number of carbonyl (C=O) groups is 5. The maximum atomic E-state index is 11.2. The molecule has 132 valence electrons. The Bertz CT molecular complexity index is 596. The first-order chi connectivity index (χ1) is 11.0. The molecule has 0 spiro atoms. The van der Waals surface area contributed by atoms with Gasteiger partial charge in [-0.05, 0) is 6.08 Å². The molecule has 0 aromatic carbocycles. The Morgan fingerprint density at radius 1 is 1.08 bits per heavy atom. The number of ether oxygens (including phenoxy) is 1. The van der Waals surface area contributed by atoms with E-state index in [1.54, 1.807) is 0 Å². The maximum absolute atomic E-state index is 11.2. The fourth-order valence-electron chi connectivity index (χ4n) is 1.98. The molecule has 12 heteroatoms. The number of carboxylic acid groups (broad SMARTS) is 4. The van der Waals surface area contributed by atoms with E-state index in [0.717, 1.165) is 6.08 Å². The Balaban J connectivity index is 3.07. The van der Waals surface area contributed by atoms with Gasteiger partial charge in [-0.25, -0.2) is 19.2 Å². The highest BCUT2D eigenvalue weighted by molar-refractivity contribution is 6.31. The van der Waals surface area contributed by atoms with Crippen LogP contribution in [0.4, 0.5) is 0 Å². The molecule has 1 aliphatic rings. The molecule has 0 fully saturated rings. The summed E-state index contributed by atoms with van der Waals surface area (Å²) in [6.45, 7) is 0. The molecule has 0 bridgehead atoms. The van der Waals surface area contributed by atoms with Crippen LogP contribution in [0.1, 0.15) is 6.42 Å². The molecule has 0 aromatic heterocycles. The Labute approximate surface area is 133 Å². The van der Waals surface area contributed by atoms with Crippen LogP contribution in [-0.4, -0.2) is 79.7 Å². The molecule has 6 N–H and O–H groups in total. The Hall–Kier alpha value is -2.99. The zero-order chi connectivity index (χ0) is 18.6. The van der Waals surface area contributed by atoms with E-state index in [4.69, 9.17) is 25.2 Å². The number of hydrogen-bond donors (Lipinski definition) is 6. The first-order valence-corrected chi connectivity index (χ1v) is 6.31. The highest BCUT2D eigenvalue weighted by Gasteiger charge is 2.40. The van der Waals surface area contributed by atoms with Crippen molar-refractivity contribution in [3.63, 3.8) is 0 Å². The zero-order valence-electron chi connectivity index (χ0n) is 11.8. The molecule has 1 aliphatic carbocycles. The molecule has 0 saturated carbocycles. The van der Waals surface area contributed by atoms with Crippen LogP contribution < -0.4 is 5.32 Å². The van der Waals surface area contributed by atoms with Gasteiger partial charge in [-0.1, -0.05) is 0 Å². The van der Waals surface area contributed by atoms with E-state index in [9.17, 15) is 29.1 Å². The summed E-state index contributed by atoms with van der Waals surface area (Å²) in [5.74, 6) is -8.70. The van der Waals surface area contributed by atoms with E-state index in [1.807, 2.05) is 5.32 Å². The van der Waals surface area contributed by atoms with Gasteiger partial charge < -0.3 is 35.6 Å². The highest BCUT2D eigenvalue weighted by Crippen LogP contribution is 2.23. The summed E-state index contributed by atoms with van der Waals surface area (Å²) >= 11 is 0. The van der Waals surface area contributed by atoms with Gasteiger partial charge in [-0.15, -0.1) is 0 Å². The van der Waals surface area contributed by atoms with Crippen LogP contribution in [0.25, 0.3) is 0 Å². The van der Waals surface area contributed by atoms with Crippen LogP contribution in [0.5, 0.6) is 0 Å². The summed E-state index contributed by atoms with van der Waals surface area (Å²) < 4.78 is 4.69. The van der Waals surface area contributed by atoms with Crippen LogP contribution in [-0.2, 0) is 28.7 Å². The normalized spacial score (nSPS) is 23.2. The van der Waals surface area contributed by atoms with Crippen LogP contribution in [0.2, 0.25) is 0 Å². The SMILES string of the molecule is O=C(O)C(=O)N[C@@H]1CC(C(=O)O)=C[C@@H](OC(C(=O)O)C(=O)O)[C@H]1O. The van der Waals surface area contributed by atoms with E-state index in [-0.39, 0.29) is 0 Å². The van der Waals surface area contributed by atoms with Gasteiger partial charge in [0, 0.05) is 12.0 Å². The highest BCUT2D eigenvalue weighted by atomic mass is 16.6. The van der Waals surface area contributed by atoms with Crippen molar-refractivity contribution < 1.29 is 54.2 Å². The first-order valence-electron chi connectivity index (χ1n) is 6.31. The predicted octanol–water partition coefficient (Wildman–Crippen LogP) is -2.75. The molecular formula is C12H13NO11. The summed E-state index contributed by atoms with van der Waals surface area (Å²) in [6, 6.07) is -1.43. The zero-order valence-corrected chi connectivity index (χ0v) is 11.8. The van der Waals surface area contributed by atoms with Crippen molar-refractivity contribution in [2.24, 2.45) is 0 Å². The molecule has 24 heavy (non-hydrogen) atoms. The number of aliphatic hydroxyl groups is 1. The summed E-state index contributed by atoms with van der Waals surface area (Å²) in [4.78, 5) is 54.4. The van der Waals surface area contributed by atoms with Crippen molar-refractivity contribution >= 4 is 29.8 Å². The quantitative estimate of drug-likeness (QED) is 0.214. The molecule has 0 radical (unpaired) electrons. The lowest BCUT2D eigenvalue weighted by atomic mass is 9.89. The summed E-state index contributed by atoms with van der Waals surface area (Å²) in [6.07, 6.45) is -5.54. The number of amides is 1. The second-order valence-corrected chi connectivity index (χ2v) is 4.73. The lowest BCUT2D eigenvalue weighted by molar-refractivity contribution is -0.173. The molecule has 0 aromatic rings. The van der Waals surface area contributed by atoms with Crippen LogP contribution in [0.3, 0.4) is 0 Å². The molecule has 0 unspecified atom stereocenters. The molecule has 12 nitrogen and oxygen atoms in total. The predicted molar refractivity (Wildman–Crippen MR) is 69.8 cm³/mol. The Morgan fingerprint density at radius 2 is 1.62 bits per heavy atom. The summed E-state index contributed by atoms with van der Waals surface area (Å²) in [7, 11) is 0. The minimum atomic E-state index is -2.40. The molecule has 0 heterocycles. The number of hydrogen-bond acceptors (Lipinski definition) is 7. The molecule has 1 rings (SSSR count). The van der Waals surface area contributed by atoms with Gasteiger partial charge in [-0.2, -0.15) is 0 Å². The fourth-order valence-corrected chi connectivity index (χ4v) is 1.98. The second kappa shape index (κ2) is 7.52. The molecule has 1 amide bonds. The van der Waals surface area contributed by atoms with Crippen LogP contribution in [0, 0.1) is 0 Å². The van der Waals surface area contributed by atoms with Gasteiger partial charge in [0.05, 0.1) is 6.04 Å².